The summed E-state index contributed by atoms with van der Waals surface area (Å²) in [5, 5.41) is 4.37. The Hall–Kier alpha value is -1.31. The van der Waals surface area contributed by atoms with Gasteiger partial charge in [-0.15, -0.1) is 0 Å². The number of benzene rings is 2. The highest BCUT2D eigenvalue weighted by Gasteiger charge is 2.25. The van der Waals surface area contributed by atoms with E-state index in [-0.39, 0.29) is 6.04 Å². The van der Waals surface area contributed by atoms with Crippen LogP contribution in [0.2, 0.25) is 5.02 Å². The molecular formula is C15H14ClN. The Bertz CT molecular complexity index is 563. The molecule has 0 fully saturated rings. The fraction of sp³-hybridized carbons (Fsp3) is 0.200. The van der Waals surface area contributed by atoms with E-state index >= 15 is 0 Å². The Morgan fingerprint density at radius 3 is 2.65 bits per heavy atom. The van der Waals surface area contributed by atoms with Gasteiger partial charge in [-0.1, -0.05) is 48.0 Å². The van der Waals surface area contributed by atoms with Gasteiger partial charge >= 0.3 is 0 Å². The van der Waals surface area contributed by atoms with Crippen molar-refractivity contribution in [3.05, 3.63) is 69.7 Å². The lowest BCUT2D eigenvalue weighted by Gasteiger charge is -2.14. The number of rotatable bonds is 1. The zero-order chi connectivity index (χ0) is 11.8. The van der Waals surface area contributed by atoms with Crippen molar-refractivity contribution in [3.8, 4) is 0 Å². The Labute approximate surface area is 106 Å². The Morgan fingerprint density at radius 1 is 1.06 bits per heavy atom. The van der Waals surface area contributed by atoms with E-state index in [1.807, 2.05) is 18.2 Å². The molecule has 1 heterocycles. The van der Waals surface area contributed by atoms with E-state index in [0.717, 1.165) is 11.6 Å². The third kappa shape index (κ3) is 1.76. The predicted octanol–water partition coefficient (Wildman–Crippen LogP) is 3.84. The molecule has 1 aliphatic heterocycles. The van der Waals surface area contributed by atoms with E-state index in [4.69, 9.17) is 11.6 Å². The second-order valence-corrected chi connectivity index (χ2v) is 4.89. The van der Waals surface area contributed by atoms with E-state index in [0.29, 0.717) is 0 Å². The molecular weight excluding hydrogens is 230 g/mol. The third-order valence-electron chi connectivity index (χ3n) is 3.46. The van der Waals surface area contributed by atoms with Crippen LogP contribution in [-0.4, -0.2) is 0 Å². The van der Waals surface area contributed by atoms with Crippen molar-refractivity contribution in [1.82, 2.24) is 5.32 Å². The lowest BCUT2D eigenvalue weighted by atomic mass is 9.96. The Morgan fingerprint density at radius 2 is 1.82 bits per heavy atom. The van der Waals surface area contributed by atoms with Gasteiger partial charge in [-0.2, -0.15) is 0 Å². The molecule has 1 unspecified atom stereocenters. The van der Waals surface area contributed by atoms with E-state index < -0.39 is 0 Å². The summed E-state index contributed by atoms with van der Waals surface area (Å²) in [6.07, 6.45) is 0. The molecule has 1 nitrogen and oxygen atoms in total. The van der Waals surface area contributed by atoms with Crippen LogP contribution in [0.5, 0.6) is 0 Å². The first-order valence-electron chi connectivity index (χ1n) is 5.83. The second kappa shape index (κ2) is 4.17. The monoisotopic (exact) mass is 243 g/mol. The lowest BCUT2D eigenvalue weighted by Crippen LogP contribution is -2.13. The second-order valence-electron chi connectivity index (χ2n) is 4.48. The summed E-state index contributed by atoms with van der Waals surface area (Å²) >= 11 is 6.27. The molecule has 0 aliphatic carbocycles. The van der Waals surface area contributed by atoms with E-state index in [1.165, 1.54) is 22.3 Å². The third-order valence-corrected chi connectivity index (χ3v) is 3.80. The van der Waals surface area contributed by atoms with Crippen LogP contribution in [0.4, 0.5) is 0 Å². The zero-order valence-electron chi connectivity index (χ0n) is 9.70. The van der Waals surface area contributed by atoms with E-state index in [1.54, 1.807) is 0 Å². The van der Waals surface area contributed by atoms with Gasteiger partial charge < -0.3 is 5.32 Å². The van der Waals surface area contributed by atoms with Crippen molar-refractivity contribution >= 4 is 11.6 Å². The van der Waals surface area contributed by atoms with E-state index in [9.17, 15) is 0 Å². The molecule has 0 radical (unpaired) electrons. The van der Waals surface area contributed by atoms with Gasteiger partial charge in [0.25, 0.3) is 0 Å². The zero-order valence-corrected chi connectivity index (χ0v) is 10.5. The van der Waals surface area contributed by atoms with Crippen molar-refractivity contribution in [2.75, 3.05) is 0 Å². The molecule has 0 amide bonds. The summed E-state index contributed by atoms with van der Waals surface area (Å²) in [6, 6.07) is 14.8. The van der Waals surface area contributed by atoms with Crippen molar-refractivity contribution in [2.45, 2.75) is 19.5 Å². The first kappa shape index (κ1) is 10.8. The maximum atomic E-state index is 6.27. The molecule has 0 saturated heterocycles. The molecule has 3 rings (SSSR count). The number of nitrogens with one attached hydrogen (secondary N) is 1. The number of halogens is 1. The summed E-state index contributed by atoms with van der Waals surface area (Å²) in [7, 11) is 0. The fourth-order valence-corrected chi connectivity index (χ4v) is 2.78. The topological polar surface area (TPSA) is 12.0 Å². The van der Waals surface area contributed by atoms with Gasteiger partial charge in [0.2, 0.25) is 0 Å². The maximum Gasteiger partial charge on any atom is 0.0597 e. The summed E-state index contributed by atoms with van der Waals surface area (Å²) in [6.45, 7) is 3.09. The van der Waals surface area contributed by atoms with Crippen molar-refractivity contribution in [2.24, 2.45) is 0 Å². The molecule has 1 aliphatic rings. The quantitative estimate of drug-likeness (QED) is 0.803. The fourth-order valence-electron chi connectivity index (χ4n) is 2.54. The van der Waals surface area contributed by atoms with Crippen LogP contribution in [0, 0.1) is 6.92 Å². The Balaban J connectivity index is 2.11. The van der Waals surface area contributed by atoms with Crippen LogP contribution >= 0.6 is 11.6 Å². The summed E-state index contributed by atoms with van der Waals surface area (Å²) < 4.78 is 0. The first-order valence-corrected chi connectivity index (χ1v) is 6.21. The van der Waals surface area contributed by atoms with Crippen molar-refractivity contribution in [1.29, 1.82) is 0 Å². The molecule has 0 spiro atoms. The van der Waals surface area contributed by atoms with Gasteiger partial charge in [0.1, 0.15) is 0 Å². The molecule has 1 N–H and O–H groups in total. The minimum absolute atomic E-state index is 0.235. The number of fused-ring (bicyclic) bond motifs is 1. The number of aryl methyl sites for hydroxylation is 1. The average molecular weight is 244 g/mol. The van der Waals surface area contributed by atoms with Gasteiger partial charge in [-0.3, -0.25) is 0 Å². The number of hydrogen-bond acceptors (Lipinski definition) is 1. The molecule has 86 valence electrons. The maximum absolute atomic E-state index is 6.27. The average Bonchev–Trinajstić information content (AvgIpc) is 2.75. The van der Waals surface area contributed by atoms with Crippen LogP contribution < -0.4 is 5.32 Å². The van der Waals surface area contributed by atoms with Gasteiger partial charge in [-0.05, 0) is 35.2 Å². The Kier molecular flexibility index (Phi) is 2.65. The first-order chi connectivity index (χ1) is 8.27. The molecule has 17 heavy (non-hydrogen) atoms. The van der Waals surface area contributed by atoms with Crippen LogP contribution in [-0.2, 0) is 6.54 Å². The standard InChI is InChI=1S/C15H14ClN/c1-10-5-4-7-11-13(10)9-17-15(11)12-6-2-3-8-14(12)16/h2-8,15,17H,9H2,1H3. The molecule has 2 heteroatoms. The van der Waals surface area contributed by atoms with Crippen molar-refractivity contribution < 1.29 is 0 Å². The molecule has 0 saturated carbocycles. The highest BCUT2D eigenvalue weighted by molar-refractivity contribution is 6.31. The van der Waals surface area contributed by atoms with Gasteiger partial charge in [-0.25, -0.2) is 0 Å². The van der Waals surface area contributed by atoms with Crippen LogP contribution in [0.15, 0.2) is 42.5 Å². The van der Waals surface area contributed by atoms with E-state index in [2.05, 4.69) is 36.5 Å². The number of hydrogen-bond donors (Lipinski definition) is 1. The summed E-state index contributed by atoms with van der Waals surface area (Å²) in [5.41, 5.74) is 5.29. The predicted molar refractivity (Wildman–Crippen MR) is 71.3 cm³/mol. The molecule has 1 atom stereocenters. The van der Waals surface area contributed by atoms with Gasteiger partial charge in [0.05, 0.1) is 6.04 Å². The van der Waals surface area contributed by atoms with Gasteiger partial charge in [0.15, 0.2) is 0 Å². The minimum atomic E-state index is 0.235. The van der Waals surface area contributed by atoms with Crippen molar-refractivity contribution in [3.63, 3.8) is 0 Å². The van der Waals surface area contributed by atoms with Crippen LogP contribution in [0.25, 0.3) is 0 Å². The largest absolute Gasteiger partial charge is 0.302 e. The summed E-state index contributed by atoms with van der Waals surface area (Å²) in [4.78, 5) is 0. The van der Waals surface area contributed by atoms with Crippen LogP contribution in [0.1, 0.15) is 28.3 Å². The molecule has 2 aromatic rings. The highest BCUT2D eigenvalue weighted by atomic mass is 35.5. The molecule has 0 bridgehead atoms. The molecule has 2 aromatic carbocycles. The summed E-state index contributed by atoms with van der Waals surface area (Å²) in [5.74, 6) is 0. The SMILES string of the molecule is Cc1cccc2c1CNC2c1ccccc1Cl. The minimum Gasteiger partial charge on any atom is -0.302 e. The highest BCUT2D eigenvalue weighted by Crippen LogP contribution is 2.35. The lowest BCUT2D eigenvalue weighted by molar-refractivity contribution is 0.667. The van der Waals surface area contributed by atoms with Gasteiger partial charge in [0, 0.05) is 11.6 Å². The molecule has 0 aromatic heterocycles. The smallest absolute Gasteiger partial charge is 0.0597 e. The van der Waals surface area contributed by atoms with Crippen LogP contribution in [0.3, 0.4) is 0 Å². The normalized spacial score (nSPS) is 18.1.